The lowest BCUT2D eigenvalue weighted by Crippen LogP contribution is -2.34. The van der Waals surface area contributed by atoms with Gasteiger partial charge in [-0.3, -0.25) is 9.88 Å². The fourth-order valence-electron chi connectivity index (χ4n) is 3.58. The zero-order valence-electron chi connectivity index (χ0n) is 17.4. The number of nitrogens with zero attached hydrogens (tertiary/aromatic N) is 3. The highest BCUT2D eigenvalue weighted by atomic mass is 16.2. The van der Waals surface area contributed by atoms with Gasteiger partial charge in [-0.2, -0.15) is 0 Å². The zero-order valence-corrected chi connectivity index (χ0v) is 17.4. The second-order valence-corrected chi connectivity index (χ2v) is 7.51. The van der Waals surface area contributed by atoms with E-state index in [0.717, 1.165) is 22.4 Å². The summed E-state index contributed by atoms with van der Waals surface area (Å²) in [7, 11) is 0. The third-order valence-electron chi connectivity index (χ3n) is 5.27. The van der Waals surface area contributed by atoms with Gasteiger partial charge in [0.2, 0.25) is 0 Å². The average molecular weight is 415 g/mol. The summed E-state index contributed by atoms with van der Waals surface area (Å²) in [4.78, 5) is 32.8. The van der Waals surface area contributed by atoms with Crippen LogP contribution < -0.4 is 15.5 Å². The molecule has 0 bridgehead atoms. The number of carbonyl (C=O) groups excluding carboxylic acids is 2. The van der Waals surface area contributed by atoms with E-state index in [4.69, 9.17) is 0 Å². The number of urea groups is 2. The van der Waals surface area contributed by atoms with Crippen LogP contribution in [0.1, 0.15) is 16.7 Å². The highest BCUT2D eigenvalue weighted by Crippen LogP contribution is 2.22. The smallest absolute Gasteiger partial charge is 0.322 e. The highest BCUT2D eigenvalue weighted by Gasteiger charge is 2.22. The molecular weight excluding hydrogens is 390 g/mol. The fourth-order valence-corrected chi connectivity index (χ4v) is 3.58. The molecule has 31 heavy (non-hydrogen) atoms. The van der Waals surface area contributed by atoms with E-state index in [0.29, 0.717) is 31.9 Å². The van der Waals surface area contributed by atoms with E-state index in [1.807, 2.05) is 67.6 Å². The number of nitrogens with one attached hydrogen (secondary N) is 2. The van der Waals surface area contributed by atoms with Gasteiger partial charge in [-0.05, 0) is 47.9 Å². The normalized spacial score (nSPS) is 13.1. The van der Waals surface area contributed by atoms with Crippen molar-refractivity contribution in [1.82, 2.24) is 15.2 Å². The predicted octanol–water partition coefficient (Wildman–Crippen LogP) is 4.15. The maximum atomic E-state index is 13.2. The maximum Gasteiger partial charge on any atom is 0.322 e. The van der Waals surface area contributed by atoms with Crippen LogP contribution in [-0.2, 0) is 13.1 Å². The molecule has 2 N–H and O–H groups in total. The standard InChI is InChI=1S/C24H25N5O2/c1-18-6-2-3-8-20(18)17-28(16-19-7-5-11-25-15-19)24(31)27-21-9-4-10-22(14-21)29-13-12-26-23(29)30/h2-11,14-15H,12-13,16-17H2,1H3,(H,26,30)(H,27,31). The highest BCUT2D eigenvalue weighted by molar-refractivity contribution is 5.95. The van der Waals surface area contributed by atoms with Gasteiger partial charge in [0.15, 0.2) is 0 Å². The molecule has 3 aromatic rings. The number of aromatic nitrogens is 1. The summed E-state index contributed by atoms with van der Waals surface area (Å²) >= 11 is 0. The van der Waals surface area contributed by atoms with E-state index in [1.54, 1.807) is 22.2 Å². The second kappa shape index (κ2) is 9.30. The van der Waals surface area contributed by atoms with E-state index in [-0.39, 0.29) is 12.1 Å². The van der Waals surface area contributed by atoms with E-state index in [9.17, 15) is 9.59 Å². The first-order valence-electron chi connectivity index (χ1n) is 10.2. The molecule has 0 aliphatic carbocycles. The van der Waals surface area contributed by atoms with Crippen LogP contribution in [0.2, 0.25) is 0 Å². The van der Waals surface area contributed by atoms with Crippen LogP contribution in [0.25, 0.3) is 0 Å². The Morgan fingerprint density at radius 3 is 2.74 bits per heavy atom. The van der Waals surface area contributed by atoms with E-state index < -0.39 is 0 Å². The minimum atomic E-state index is -0.213. The van der Waals surface area contributed by atoms with Crippen LogP contribution in [0.3, 0.4) is 0 Å². The molecule has 1 fully saturated rings. The number of anilines is 2. The van der Waals surface area contributed by atoms with Gasteiger partial charge in [-0.1, -0.05) is 36.4 Å². The SMILES string of the molecule is Cc1ccccc1CN(Cc1cccnc1)C(=O)Nc1cccc(N2CCNC2=O)c1. The van der Waals surface area contributed by atoms with Gasteiger partial charge in [0.05, 0.1) is 0 Å². The minimum Gasteiger partial charge on any atom is -0.336 e. The molecule has 1 aliphatic rings. The molecule has 4 rings (SSSR count). The number of hydrogen-bond donors (Lipinski definition) is 2. The molecule has 2 aromatic carbocycles. The van der Waals surface area contributed by atoms with Gasteiger partial charge in [-0.15, -0.1) is 0 Å². The summed E-state index contributed by atoms with van der Waals surface area (Å²) in [6.45, 7) is 4.17. The Labute approximate surface area is 181 Å². The summed E-state index contributed by atoms with van der Waals surface area (Å²) in [5, 5.41) is 5.78. The molecule has 1 saturated heterocycles. The maximum absolute atomic E-state index is 13.2. The van der Waals surface area contributed by atoms with E-state index in [2.05, 4.69) is 15.6 Å². The number of pyridine rings is 1. The van der Waals surface area contributed by atoms with Crippen molar-refractivity contribution in [3.63, 3.8) is 0 Å². The minimum absolute atomic E-state index is 0.124. The first-order chi connectivity index (χ1) is 15.1. The topological polar surface area (TPSA) is 77.6 Å². The van der Waals surface area contributed by atoms with Crippen LogP contribution >= 0.6 is 0 Å². The van der Waals surface area contributed by atoms with Gasteiger partial charge in [0, 0.05) is 49.9 Å². The molecule has 0 saturated carbocycles. The van der Waals surface area contributed by atoms with Crippen LogP contribution in [-0.4, -0.2) is 35.0 Å². The predicted molar refractivity (Wildman–Crippen MR) is 121 cm³/mol. The van der Waals surface area contributed by atoms with Crippen LogP contribution in [0.5, 0.6) is 0 Å². The fraction of sp³-hybridized carbons (Fsp3) is 0.208. The first kappa shape index (κ1) is 20.4. The summed E-state index contributed by atoms with van der Waals surface area (Å²) in [5.74, 6) is 0. The van der Waals surface area contributed by atoms with Gasteiger partial charge in [-0.25, -0.2) is 9.59 Å². The van der Waals surface area contributed by atoms with Crippen molar-refractivity contribution in [1.29, 1.82) is 0 Å². The molecule has 1 aliphatic heterocycles. The van der Waals surface area contributed by atoms with Crippen LogP contribution in [0.15, 0.2) is 73.1 Å². The average Bonchev–Trinajstić information content (AvgIpc) is 3.21. The van der Waals surface area contributed by atoms with Crippen molar-refractivity contribution in [2.75, 3.05) is 23.3 Å². The Morgan fingerprint density at radius 2 is 2.00 bits per heavy atom. The largest absolute Gasteiger partial charge is 0.336 e. The Balaban J connectivity index is 1.54. The Morgan fingerprint density at radius 1 is 1.13 bits per heavy atom. The Hall–Kier alpha value is -3.87. The number of rotatable bonds is 6. The molecule has 158 valence electrons. The number of hydrogen-bond acceptors (Lipinski definition) is 3. The van der Waals surface area contributed by atoms with Gasteiger partial charge >= 0.3 is 12.1 Å². The molecule has 0 spiro atoms. The van der Waals surface area contributed by atoms with Crippen molar-refractivity contribution in [2.24, 2.45) is 0 Å². The van der Waals surface area contributed by atoms with Crippen molar-refractivity contribution < 1.29 is 9.59 Å². The summed E-state index contributed by atoms with van der Waals surface area (Å²) in [6, 6.07) is 18.9. The van der Waals surface area contributed by atoms with Gasteiger partial charge < -0.3 is 15.5 Å². The molecule has 0 radical (unpaired) electrons. The molecule has 1 aromatic heterocycles. The van der Waals surface area contributed by atoms with Crippen molar-refractivity contribution in [3.05, 3.63) is 89.7 Å². The monoisotopic (exact) mass is 415 g/mol. The molecule has 0 atom stereocenters. The van der Waals surface area contributed by atoms with E-state index >= 15 is 0 Å². The Kier molecular flexibility index (Phi) is 6.12. The lowest BCUT2D eigenvalue weighted by Gasteiger charge is -2.24. The molecule has 2 heterocycles. The summed E-state index contributed by atoms with van der Waals surface area (Å²) < 4.78 is 0. The van der Waals surface area contributed by atoms with E-state index in [1.165, 1.54) is 0 Å². The quantitative estimate of drug-likeness (QED) is 0.635. The molecular formula is C24H25N5O2. The first-order valence-corrected chi connectivity index (χ1v) is 10.2. The summed E-state index contributed by atoms with van der Waals surface area (Å²) in [6.07, 6.45) is 3.49. The third-order valence-corrected chi connectivity index (χ3v) is 5.27. The lowest BCUT2D eigenvalue weighted by atomic mass is 10.1. The van der Waals surface area contributed by atoms with Gasteiger partial charge in [0.1, 0.15) is 0 Å². The number of aryl methyl sites for hydroxylation is 1. The summed E-state index contributed by atoms with van der Waals surface area (Å²) in [5.41, 5.74) is 4.57. The lowest BCUT2D eigenvalue weighted by molar-refractivity contribution is 0.206. The number of amides is 4. The van der Waals surface area contributed by atoms with Crippen molar-refractivity contribution in [2.45, 2.75) is 20.0 Å². The third kappa shape index (κ3) is 5.01. The number of benzene rings is 2. The second-order valence-electron chi connectivity index (χ2n) is 7.51. The number of carbonyl (C=O) groups is 2. The van der Waals surface area contributed by atoms with Gasteiger partial charge in [0.25, 0.3) is 0 Å². The molecule has 4 amide bonds. The zero-order chi connectivity index (χ0) is 21.6. The molecule has 0 unspecified atom stereocenters. The van der Waals surface area contributed by atoms with Crippen molar-refractivity contribution >= 4 is 23.4 Å². The van der Waals surface area contributed by atoms with Crippen molar-refractivity contribution in [3.8, 4) is 0 Å². The van der Waals surface area contributed by atoms with Crippen LogP contribution in [0, 0.1) is 6.92 Å². The molecule has 7 heteroatoms. The Bertz CT molecular complexity index is 1070. The van der Waals surface area contributed by atoms with Crippen LogP contribution in [0.4, 0.5) is 21.0 Å². The molecule has 7 nitrogen and oxygen atoms in total.